The Labute approximate surface area is 96.0 Å². The van der Waals surface area contributed by atoms with Gasteiger partial charge in [-0.2, -0.15) is 0 Å². The van der Waals surface area contributed by atoms with Crippen LogP contribution in [0.4, 0.5) is 0 Å². The molecule has 1 atom stereocenters. The smallest absolute Gasteiger partial charge is 0.127 e. The van der Waals surface area contributed by atoms with Gasteiger partial charge in [0, 0.05) is 5.88 Å². The van der Waals surface area contributed by atoms with Gasteiger partial charge in [0.25, 0.3) is 0 Å². The fraction of sp³-hybridized carbons (Fsp3) is 1.00. The third-order valence-corrected chi connectivity index (χ3v) is 3.70. The summed E-state index contributed by atoms with van der Waals surface area (Å²) in [5, 5.41) is -0.715. The Kier molecular flexibility index (Phi) is 6.33. The Morgan fingerprint density at radius 2 is 1.55 bits per heavy atom. The normalized spacial score (nSPS) is 15.5. The van der Waals surface area contributed by atoms with E-state index in [2.05, 4.69) is 0 Å². The lowest BCUT2D eigenvalue weighted by molar-refractivity contribution is 0.714. The van der Waals surface area contributed by atoms with Crippen LogP contribution in [-0.2, 0) is 0 Å². The van der Waals surface area contributed by atoms with Gasteiger partial charge in [-0.1, -0.05) is 23.2 Å². The minimum atomic E-state index is -1.16. The Morgan fingerprint density at radius 3 is 1.82 bits per heavy atom. The maximum Gasteiger partial charge on any atom is 0.138 e. The lowest BCUT2D eigenvalue weighted by Gasteiger charge is -2.24. The van der Waals surface area contributed by atoms with Crippen molar-refractivity contribution in [3.05, 3.63) is 0 Å². The molecule has 0 amide bonds. The molecule has 1 unspecified atom stereocenters. The number of hydrogen-bond donors (Lipinski definition) is 0. The lowest BCUT2D eigenvalue weighted by atomic mass is 10.2. The molecule has 6 heteroatoms. The van der Waals surface area contributed by atoms with E-state index >= 15 is 0 Å². The van der Waals surface area contributed by atoms with Gasteiger partial charge < -0.3 is 0 Å². The highest BCUT2D eigenvalue weighted by atomic mass is 35.5. The summed E-state index contributed by atoms with van der Waals surface area (Å²) in [6, 6.07) is 0. The first-order valence-corrected chi connectivity index (χ1v) is 5.38. The summed E-state index contributed by atoms with van der Waals surface area (Å²) < 4.78 is -1.16. The van der Waals surface area contributed by atoms with Crippen molar-refractivity contribution in [1.82, 2.24) is 0 Å². The van der Waals surface area contributed by atoms with Crippen LogP contribution in [0.15, 0.2) is 0 Å². The lowest BCUT2D eigenvalue weighted by Crippen LogP contribution is -2.32. The van der Waals surface area contributed by atoms with E-state index in [1.165, 1.54) is 0 Å². The molecule has 0 fully saturated rings. The topological polar surface area (TPSA) is 0 Å². The molecule has 0 nitrogen and oxygen atoms in total. The number of hydrogen-bond acceptors (Lipinski definition) is 0. The van der Waals surface area contributed by atoms with Crippen molar-refractivity contribution in [2.45, 2.75) is 21.0 Å². The van der Waals surface area contributed by atoms with Crippen LogP contribution < -0.4 is 0 Å². The first-order chi connectivity index (χ1) is 4.91. The van der Waals surface area contributed by atoms with Crippen LogP contribution in [0.2, 0.25) is 0 Å². The van der Waals surface area contributed by atoms with Crippen LogP contribution in [0, 0.1) is 0 Å². The van der Waals surface area contributed by atoms with Crippen LogP contribution in [0.1, 0.15) is 6.42 Å². The average Bonchev–Trinajstić information content (AvgIpc) is 1.86. The zero-order valence-corrected chi connectivity index (χ0v) is 9.87. The predicted octanol–water partition coefficient (Wildman–Crippen LogP) is 4.20. The molecule has 0 rings (SSSR count). The molecule has 0 saturated carbocycles. The molecular formula is C5H6Cl6. The van der Waals surface area contributed by atoms with Crippen LogP contribution >= 0.6 is 69.6 Å². The van der Waals surface area contributed by atoms with E-state index in [-0.39, 0.29) is 0 Å². The van der Waals surface area contributed by atoms with Gasteiger partial charge in [0.1, 0.15) is 9.17 Å². The van der Waals surface area contributed by atoms with Crippen molar-refractivity contribution in [2.24, 2.45) is 0 Å². The van der Waals surface area contributed by atoms with E-state index in [9.17, 15) is 0 Å². The van der Waals surface area contributed by atoms with Gasteiger partial charge in [-0.05, 0) is 6.42 Å². The Morgan fingerprint density at radius 1 is 1.09 bits per heavy atom. The van der Waals surface area contributed by atoms with E-state index in [1.807, 2.05) is 0 Å². The van der Waals surface area contributed by atoms with Gasteiger partial charge in [-0.3, -0.25) is 0 Å². The van der Waals surface area contributed by atoms with E-state index in [1.54, 1.807) is 0 Å². The molecule has 68 valence electrons. The number of alkyl halides is 6. The van der Waals surface area contributed by atoms with Gasteiger partial charge in [-0.25, -0.2) is 0 Å². The first-order valence-electron chi connectivity index (χ1n) is 2.78. The third-order valence-electron chi connectivity index (χ3n) is 1.05. The van der Waals surface area contributed by atoms with Crippen molar-refractivity contribution in [3.8, 4) is 0 Å². The van der Waals surface area contributed by atoms with Crippen molar-refractivity contribution >= 4 is 69.6 Å². The molecule has 0 saturated heterocycles. The molecule has 0 aliphatic rings. The highest BCUT2D eigenvalue weighted by Gasteiger charge is 2.36. The first kappa shape index (κ1) is 12.7. The molecule has 0 aromatic carbocycles. The zero-order chi connectivity index (χ0) is 9.07. The molecule has 0 spiro atoms. The minimum absolute atomic E-state index is 0.316. The maximum absolute atomic E-state index is 5.76. The second kappa shape index (κ2) is 5.47. The largest absolute Gasteiger partial charge is 0.138 e. The van der Waals surface area contributed by atoms with Crippen molar-refractivity contribution in [1.29, 1.82) is 0 Å². The molecule has 0 aliphatic carbocycles. The van der Waals surface area contributed by atoms with E-state index in [4.69, 9.17) is 69.6 Å². The second-order valence-electron chi connectivity index (χ2n) is 1.94. The Hall–Kier alpha value is 1.74. The van der Waals surface area contributed by atoms with Crippen LogP contribution in [0.5, 0.6) is 0 Å². The minimum Gasteiger partial charge on any atom is -0.127 e. The monoisotopic (exact) mass is 276 g/mol. The van der Waals surface area contributed by atoms with Gasteiger partial charge in [0.15, 0.2) is 0 Å². The summed E-state index contributed by atoms with van der Waals surface area (Å²) >= 11 is 33.6. The highest BCUT2D eigenvalue weighted by molar-refractivity contribution is 6.56. The maximum atomic E-state index is 5.76. The van der Waals surface area contributed by atoms with E-state index in [0.717, 1.165) is 0 Å². The molecule has 0 heterocycles. The van der Waals surface area contributed by atoms with Crippen molar-refractivity contribution < 1.29 is 0 Å². The highest BCUT2D eigenvalue weighted by Crippen LogP contribution is 2.37. The van der Waals surface area contributed by atoms with Crippen LogP contribution in [0.3, 0.4) is 0 Å². The number of rotatable bonds is 4. The van der Waals surface area contributed by atoms with E-state index < -0.39 is 14.5 Å². The van der Waals surface area contributed by atoms with Crippen molar-refractivity contribution in [3.63, 3.8) is 0 Å². The predicted molar refractivity (Wildman–Crippen MR) is 54.9 cm³/mol. The fourth-order valence-corrected chi connectivity index (χ4v) is 2.18. The van der Waals surface area contributed by atoms with Gasteiger partial charge >= 0.3 is 0 Å². The summed E-state index contributed by atoms with van der Waals surface area (Å²) in [6.45, 7) is 0. The summed E-state index contributed by atoms with van der Waals surface area (Å²) in [4.78, 5) is -0.796. The second-order valence-corrected chi connectivity index (χ2v) is 5.49. The van der Waals surface area contributed by atoms with Crippen molar-refractivity contribution in [2.75, 3.05) is 5.88 Å². The van der Waals surface area contributed by atoms with E-state index in [0.29, 0.717) is 12.3 Å². The summed E-state index contributed by atoms with van der Waals surface area (Å²) in [6.07, 6.45) is 0.349. The van der Waals surface area contributed by atoms with Gasteiger partial charge in [-0.15, -0.1) is 46.4 Å². The summed E-state index contributed by atoms with van der Waals surface area (Å²) in [5.41, 5.74) is 0. The molecule has 11 heavy (non-hydrogen) atoms. The number of halogens is 6. The molecule has 0 aromatic rings. The molecule has 0 aliphatic heterocycles. The molecular weight excluding hydrogens is 273 g/mol. The Balaban J connectivity index is 4.05. The quantitative estimate of drug-likeness (QED) is 0.676. The molecule has 0 radical (unpaired) electrons. The summed E-state index contributed by atoms with van der Waals surface area (Å²) in [5.74, 6) is 0.316. The fourth-order valence-electron chi connectivity index (χ4n) is 0.448. The third kappa shape index (κ3) is 4.50. The Bertz CT molecular complexity index is 112. The molecule has 0 bridgehead atoms. The average molecular weight is 279 g/mol. The summed E-state index contributed by atoms with van der Waals surface area (Å²) in [7, 11) is 0. The SMILES string of the molecule is ClCCC(Cl)(Cl)C(Cl)C(Cl)Cl. The van der Waals surface area contributed by atoms with Gasteiger partial charge in [0.05, 0.1) is 5.38 Å². The van der Waals surface area contributed by atoms with Gasteiger partial charge in [0.2, 0.25) is 0 Å². The van der Waals surface area contributed by atoms with Crippen LogP contribution in [0.25, 0.3) is 0 Å². The zero-order valence-electron chi connectivity index (χ0n) is 5.34. The molecule has 0 aromatic heterocycles. The van der Waals surface area contributed by atoms with Crippen LogP contribution in [-0.4, -0.2) is 20.4 Å². The standard InChI is InChI=1S/C5H6Cl6/c6-2-1-5(10,11)3(7)4(8)9/h3-4H,1-2H2. The molecule has 0 N–H and O–H groups in total.